The highest BCUT2D eigenvalue weighted by atomic mass is 127. The van der Waals surface area contributed by atoms with Crippen molar-refractivity contribution in [2.45, 2.75) is 30.0 Å². The number of rotatable bonds is 1. The molecule has 0 saturated carbocycles. The summed E-state index contributed by atoms with van der Waals surface area (Å²) in [6.07, 6.45) is -0.765. The van der Waals surface area contributed by atoms with Crippen LogP contribution < -0.4 is 0 Å². The molecule has 0 aromatic heterocycles. The molecule has 0 amide bonds. The van der Waals surface area contributed by atoms with E-state index in [2.05, 4.69) is 0 Å². The number of hydrogen-bond donors (Lipinski definition) is 0. The van der Waals surface area contributed by atoms with Crippen LogP contribution in [0.5, 0.6) is 0 Å². The fourth-order valence-corrected chi connectivity index (χ4v) is 1.91. The largest absolute Gasteiger partial charge is 0.458 e. The predicted molar refractivity (Wildman–Crippen MR) is 48.9 cm³/mol. The van der Waals surface area contributed by atoms with Gasteiger partial charge in [0.2, 0.25) is 0 Å². The van der Waals surface area contributed by atoms with Crippen LogP contribution in [0.4, 0.5) is 0 Å². The van der Waals surface area contributed by atoms with Gasteiger partial charge in [0.05, 0.1) is 0 Å². The zero-order chi connectivity index (χ0) is 9.30. The molecule has 1 saturated heterocycles. The van der Waals surface area contributed by atoms with Gasteiger partial charge in [0.25, 0.3) is 0 Å². The maximum absolute atomic E-state index is 11.0. The molecule has 0 aromatic rings. The Morgan fingerprint density at radius 1 is 1.67 bits per heavy atom. The van der Waals surface area contributed by atoms with Gasteiger partial charge in [-0.05, 0) is 6.92 Å². The molecule has 1 aliphatic rings. The Morgan fingerprint density at radius 3 is 2.58 bits per heavy atom. The van der Waals surface area contributed by atoms with E-state index in [9.17, 15) is 9.59 Å². The van der Waals surface area contributed by atoms with E-state index in [1.165, 1.54) is 6.92 Å². The first-order valence-electron chi connectivity index (χ1n) is 3.54. The second-order valence-electron chi connectivity index (χ2n) is 2.62. The molecule has 5 heteroatoms. The van der Waals surface area contributed by atoms with Gasteiger partial charge in [-0.15, -0.1) is 0 Å². The van der Waals surface area contributed by atoms with E-state index in [1.54, 1.807) is 6.92 Å². The van der Waals surface area contributed by atoms with Crippen molar-refractivity contribution in [1.29, 1.82) is 0 Å². The smallest absolute Gasteiger partial charge is 0.323 e. The van der Waals surface area contributed by atoms with Crippen molar-refractivity contribution in [2.75, 3.05) is 0 Å². The summed E-state index contributed by atoms with van der Waals surface area (Å²) in [5, 5.41) is 0. The van der Waals surface area contributed by atoms with Crippen LogP contribution in [0.1, 0.15) is 13.8 Å². The summed E-state index contributed by atoms with van der Waals surface area (Å²) in [6, 6.07) is 0. The van der Waals surface area contributed by atoms with Gasteiger partial charge >= 0.3 is 11.9 Å². The van der Waals surface area contributed by atoms with E-state index in [4.69, 9.17) is 9.47 Å². The lowest BCUT2D eigenvalue weighted by molar-refractivity contribution is -0.149. The Balaban J connectivity index is 2.63. The second kappa shape index (κ2) is 3.59. The lowest BCUT2D eigenvalue weighted by Crippen LogP contribution is -2.30. The summed E-state index contributed by atoms with van der Waals surface area (Å²) in [7, 11) is 0. The first kappa shape index (κ1) is 9.76. The number of carbonyl (C=O) groups excluding carboxylic acids is 2. The first-order valence-corrected chi connectivity index (χ1v) is 4.78. The molecule has 3 atom stereocenters. The standard InChI is InChI=1S/C7H9IO4/c1-3-6(12-4(2)9)5(8)7(10)11-3/h3,5-6H,1-2H3. The van der Waals surface area contributed by atoms with Gasteiger partial charge < -0.3 is 9.47 Å². The molecule has 4 nitrogen and oxygen atoms in total. The quantitative estimate of drug-likeness (QED) is 0.403. The Bertz CT molecular complexity index is 215. The van der Waals surface area contributed by atoms with Crippen molar-refractivity contribution >= 4 is 34.5 Å². The summed E-state index contributed by atoms with van der Waals surface area (Å²) in [5.74, 6) is -0.693. The molecule has 1 rings (SSSR count). The molecule has 1 fully saturated rings. The zero-order valence-corrected chi connectivity index (χ0v) is 8.90. The predicted octanol–water partition coefficient (Wildman–Crippen LogP) is 0.667. The van der Waals surface area contributed by atoms with Crippen molar-refractivity contribution in [1.82, 2.24) is 0 Å². The Hall–Kier alpha value is -0.330. The van der Waals surface area contributed by atoms with Crippen LogP contribution in [0.3, 0.4) is 0 Å². The topological polar surface area (TPSA) is 52.6 Å². The molecule has 0 bridgehead atoms. The van der Waals surface area contributed by atoms with Crippen LogP contribution in [-0.2, 0) is 19.1 Å². The molecule has 1 heterocycles. The lowest BCUT2D eigenvalue weighted by Gasteiger charge is -2.14. The Labute approximate surface area is 83.7 Å². The summed E-state index contributed by atoms with van der Waals surface area (Å²) in [6.45, 7) is 3.03. The van der Waals surface area contributed by atoms with Crippen LogP contribution in [-0.4, -0.2) is 28.1 Å². The molecule has 1 aliphatic heterocycles. The molecule has 12 heavy (non-hydrogen) atoms. The minimum atomic E-state index is -0.435. The zero-order valence-electron chi connectivity index (χ0n) is 6.74. The molecule has 0 aliphatic carbocycles. The molecule has 0 radical (unpaired) electrons. The summed E-state index contributed by atoms with van der Waals surface area (Å²) >= 11 is 1.92. The monoisotopic (exact) mass is 284 g/mol. The van der Waals surface area contributed by atoms with Gasteiger partial charge in [0.1, 0.15) is 10.0 Å². The van der Waals surface area contributed by atoms with E-state index in [-0.39, 0.29) is 22.0 Å². The lowest BCUT2D eigenvalue weighted by atomic mass is 10.2. The number of halogens is 1. The number of carbonyl (C=O) groups is 2. The Kier molecular flexibility index (Phi) is 2.92. The summed E-state index contributed by atoms with van der Waals surface area (Å²) in [4.78, 5) is 21.6. The van der Waals surface area contributed by atoms with Crippen molar-refractivity contribution in [3.05, 3.63) is 0 Å². The molecular formula is C7H9IO4. The van der Waals surface area contributed by atoms with Gasteiger partial charge in [0.15, 0.2) is 6.10 Å². The normalized spacial score (nSPS) is 34.6. The molecule has 0 N–H and O–H groups in total. The van der Waals surface area contributed by atoms with E-state index < -0.39 is 6.10 Å². The van der Waals surface area contributed by atoms with Crippen molar-refractivity contribution in [3.63, 3.8) is 0 Å². The Morgan fingerprint density at radius 2 is 2.25 bits per heavy atom. The van der Waals surface area contributed by atoms with Crippen LogP contribution in [0.25, 0.3) is 0 Å². The van der Waals surface area contributed by atoms with Crippen LogP contribution >= 0.6 is 22.6 Å². The van der Waals surface area contributed by atoms with Crippen LogP contribution in [0.15, 0.2) is 0 Å². The van der Waals surface area contributed by atoms with E-state index in [0.717, 1.165) is 0 Å². The van der Waals surface area contributed by atoms with Gasteiger partial charge in [-0.2, -0.15) is 0 Å². The molecule has 68 valence electrons. The van der Waals surface area contributed by atoms with Crippen LogP contribution in [0.2, 0.25) is 0 Å². The minimum Gasteiger partial charge on any atom is -0.458 e. The highest BCUT2D eigenvalue weighted by Gasteiger charge is 2.42. The van der Waals surface area contributed by atoms with Gasteiger partial charge in [0, 0.05) is 6.92 Å². The van der Waals surface area contributed by atoms with Gasteiger partial charge in [-0.3, -0.25) is 9.59 Å². The average Bonchev–Trinajstić information content (AvgIpc) is 2.16. The number of cyclic esters (lactones) is 1. The van der Waals surface area contributed by atoms with Crippen LogP contribution in [0, 0.1) is 0 Å². The maximum Gasteiger partial charge on any atom is 0.323 e. The number of hydrogen-bond acceptors (Lipinski definition) is 4. The molecular weight excluding hydrogens is 275 g/mol. The van der Waals surface area contributed by atoms with Gasteiger partial charge in [-0.1, -0.05) is 22.6 Å². The fourth-order valence-electron chi connectivity index (χ4n) is 1.03. The highest BCUT2D eigenvalue weighted by molar-refractivity contribution is 14.1. The van der Waals surface area contributed by atoms with Crippen molar-refractivity contribution in [2.24, 2.45) is 0 Å². The average molecular weight is 284 g/mol. The van der Waals surface area contributed by atoms with E-state index >= 15 is 0 Å². The molecule has 0 spiro atoms. The third kappa shape index (κ3) is 1.88. The van der Waals surface area contributed by atoms with Gasteiger partial charge in [-0.25, -0.2) is 0 Å². The summed E-state index contributed by atoms with van der Waals surface area (Å²) in [5.41, 5.74) is 0. The minimum absolute atomic E-state index is 0.311. The number of ether oxygens (including phenoxy) is 2. The number of alkyl halides is 1. The summed E-state index contributed by atoms with van der Waals surface area (Å²) < 4.78 is 9.40. The maximum atomic E-state index is 11.0. The van der Waals surface area contributed by atoms with Crippen molar-refractivity contribution in [3.8, 4) is 0 Å². The fraction of sp³-hybridized carbons (Fsp3) is 0.714. The van der Waals surface area contributed by atoms with E-state index in [0.29, 0.717) is 0 Å². The third-order valence-electron chi connectivity index (χ3n) is 1.58. The third-order valence-corrected chi connectivity index (χ3v) is 2.80. The highest BCUT2D eigenvalue weighted by Crippen LogP contribution is 2.25. The number of esters is 2. The molecule has 0 aromatic carbocycles. The SMILES string of the molecule is CC(=O)OC1C(C)OC(=O)C1I. The first-order chi connectivity index (χ1) is 5.52. The van der Waals surface area contributed by atoms with E-state index in [1.807, 2.05) is 22.6 Å². The molecule has 3 unspecified atom stereocenters. The second-order valence-corrected chi connectivity index (χ2v) is 3.96. The van der Waals surface area contributed by atoms with Crippen molar-refractivity contribution < 1.29 is 19.1 Å².